The lowest BCUT2D eigenvalue weighted by Gasteiger charge is -2.26. The van der Waals surface area contributed by atoms with Gasteiger partial charge in [0.05, 0.1) is 25.0 Å². The van der Waals surface area contributed by atoms with Crippen molar-refractivity contribution in [1.82, 2.24) is 0 Å². The average Bonchev–Trinajstić information content (AvgIpc) is 2.88. The van der Waals surface area contributed by atoms with E-state index in [2.05, 4.69) is 13.8 Å². The molecule has 0 bridgehead atoms. The fourth-order valence-corrected chi connectivity index (χ4v) is 5.20. The minimum atomic E-state index is -0.128. The van der Waals surface area contributed by atoms with E-state index < -0.39 is 0 Å². The summed E-state index contributed by atoms with van der Waals surface area (Å²) in [7, 11) is 0. The second kappa shape index (κ2) is 23.3. The number of carbonyl (C=O) groups is 2. The third kappa shape index (κ3) is 17.9. The molecule has 0 heterocycles. The van der Waals surface area contributed by atoms with E-state index in [1.54, 1.807) is 0 Å². The lowest BCUT2D eigenvalue weighted by atomic mass is 9.81. The molecule has 1 aliphatic rings. The Morgan fingerprint density at radius 1 is 0.514 bits per heavy atom. The molecule has 0 aromatic heterocycles. The van der Waals surface area contributed by atoms with Gasteiger partial charge in [-0.15, -0.1) is 0 Å². The first kappa shape index (κ1) is 32.0. The van der Waals surface area contributed by atoms with E-state index in [4.69, 9.17) is 9.47 Å². The quantitative estimate of drug-likeness (QED) is 0.105. The van der Waals surface area contributed by atoms with E-state index in [-0.39, 0.29) is 23.8 Å². The topological polar surface area (TPSA) is 52.6 Å². The first-order chi connectivity index (χ1) is 17.2. The van der Waals surface area contributed by atoms with Gasteiger partial charge in [-0.3, -0.25) is 9.59 Å². The van der Waals surface area contributed by atoms with Crippen molar-refractivity contribution in [2.45, 2.75) is 162 Å². The first-order valence-corrected chi connectivity index (χ1v) is 15.5. The summed E-state index contributed by atoms with van der Waals surface area (Å²) >= 11 is 0. The van der Waals surface area contributed by atoms with Gasteiger partial charge in [-0.1, -0.05) is 129 Å². The number of rotatable bonds is 23. The van der Waals surface area contributed by atoms with Crippen LogP contribution in [-0.4, -0.2) is 25.2 Å². The normalized spacial score (nSPS) is 17.9. The van der Waals surface area contributed by atoms with Crippen LogP contribution in [0.4, 0.5) is 0 Å². The predicted octanol–water partition coefficient (Wildman–Crippen LogP) is 9.33. The van der Waals surface area contributed by atoms with Crippen LogP contribution in [0.1, 0.15) is 162 Å². The summed E-state index contributed by atoms with van der Waals surface area (Å²) in [6.07, 6.45) is 27.3. The van der Waals surface area contributed by atoms with E-state index >= 15 is 0 Å². The second-order valence-electron chi connectivity index (χ2n) is 10.9. The molecular formula is C31H58O4. The summed E-state index contributed by atoms with van der Waals surface area (Å²) in [6, 6.07) is 0. The molecule has 0 aliphatic heterocycles. The van der Waals surface area contributed by atoms with E-state index in [1.807, 2.05) is 0 Å². The van der Waals surface area contributed by atoms with Gasteiger partial charge in [-0.25, -0.2) is 0 Å². The zero-order valence-electron chi connectivity index (χ0n) is 23.5. The van der Waals surface area contributed by atoms with Crippen LogP contribution in [0.25, 0.3) is 0 Å². The average molecular weight is 495 g/mol. The minimum Gasteiger partial charge on any atom is -0.465 e. The highest BCUT2D eigenvalue weighted by molar-refractivity contribution is 5.76. The van der Waals surface area contributed by atoms with Crippen LogP contribution in [0.3, 0.4) is 0 Å². The molecule has 4 nitrogen and oxygen atoms in total. The SMILES string of the molecule is CCCCCCCCCCCCCOC(=O)C1CCCC(C(=O)OCCCCCCCCCC)C1. The Labute approximate surface area is 217 Å². The lowest BCUT2D eigenvalue weighted by molar-refractivity contribution is -0.155. The summed E-state index contributed by atoms with van der Waals surface area (Å²) in [6.45, 7) is 5.56. The van der Waals surface area contributed by atoms with Gasteiger partial charge in [0.2, 0.25) is 0 Å². The van der Waals surface area contributed by atoms with E-state index in [1.165, 1.54) is 96.3 Å². The predicted molar refractivity (Wildman–Crippen MR) is 146 cm³/mol. The van der Waals surface area contributed by atoms with Crippen molar-refractivity contribution >= 4 is 11.9 Å². The Kier molecular flexibility index (Phi) is 21.3. The number of esters is 2. The monoisotopic (exact) mass is 494 g/mol. The third-order valence-electron chi connectivity index (χ3n) is 7.58. The van der Waals surface area contributed by atoms with Crippen LogP contribution >= 0.6 is 0 Å². The molecule has 1 fully saturated rings. The molecule has 1 aliphatic carbocycles. The van der Waals surface area contributed by atoms with Crippen LogP contribution < -0.4 is 0 Å². The summed E-state index contributed by atoms with van der Waals surface area (Å²) in [5.74, 6) is -0.456. The molecule has 35 heavy (non-hydrogen) atoms. The molecule has 2 unspecified atom stereocenters. The Bertz CT molecular complexity index is 504. The van der Waals surface area contributed by atoms with Gasteiger partial charge in [-0.05, 0) is 32.1 Å². The third-order valence-corrected chi connectivity index (χ3v) is 7.58. The smallest absolute Gasteiger partial charge is 0.308 e. The lowest BCUT2D eigenvalue weighted by Crippen LogP contribution is -2.30. The second-order valence-corrected chi connectivity index (χ2v) is 10.9. The van der Waals surface area contributed by atoms with Crippen molar-refractivity contribution < 1.29 is 19.1 Å². The number of hydrogen-bond acceptors (Lipinski definition) is 4. The fourth-order valence-electron chi connectivity index (χ4n) is 5.20. The molecular weight excluding hydrogens is 436 g/mol. The number of carbonyl (C=O) groups excluding carboxylic acids is 2. The fraction of sp³-hybridized carbons (Fsp3) is 0.935. The number of ether oxygens (including phenoxy) is 2. The zero-order chi connectivity index (χ0) is 25.4. The van der Waals surface area contributed by atoms with E-state index in [0.29, 0.717) is 19.6 Å². The van der Waals surface area contributed by atoms with Crippen LogP contribution in [0, 0.1) is 11.8 Å². The van der Waals surface area contributed by atoms with Crippen LogP contribution in [0.2, 0.25) is 0 Å². The molecule has 206 valence electrons. The van der Waals surface area contributed by atoms with Gasteiger partial charge in [-0.2, -0.15) is 0 Å². The summed E-state index contributed by atoms with van der Waals surface area (Å²) in [5.41, 5.74) is 0. The Morgan fingerprint density at radius 2 is 0.829 bits per heavy atom. The molecule has 0 radical (unpaired) electrons. The molecule has 1 rings (SSSR count). The van der Waals surface area contributed by atoms with E-state index in [0.717, 1.165) is 44.9 Å². The maximum atomic E-state index is 12.5. The van der Waals surface area contributed by atoms with Crippen LogP contribution in [-0.2, 0) is 19.1 Å². The summed E-state index contributed by atoms with van der Waals surface area (Å²) in [5, 5.41) is 0. The van der Waals surface area contributed by atoms with Crippen molar-refractivity contribution in [2.75, 3.05) is 13.2 Å². The minimum absolute atomic E-state index is 0.0994. The molecule has 0 amide bonds. The first-order valence-electron chi connectivity index (χ1n) is 15.5. The summed E-state index contributed by atoms with van der Waals surface area (Å²) in [4.78, 5) is 25.0. The molecule has 1 saturated carbocycles. The Hall–Kier alpha value is -1.06. The van der Waals surface area contributed by atoms with Gasteiger partial charge in [0.15, 0.2) is 0 Å². The maximum Gasteiger partial charge on any atom is 0.308 e. The van der Waals surface area contributed by atoms with Gasteiger partial charge in [0, 0.05) is 0 Å². The zero-order valence-corrected chi connectivity index (χ0v) is 23.5. The van der Waals surface area contributed by atoms with Crippen LogP contribution in [0.5, 0.6) is 0 Å². The van der Waals surface area contributed by atoms with Crippen molar-refractivity contribution in [1.29, 1.82) is 0 Å². The highest BCUT2D eigenvalue weighted by Crippen LogP contribution is 2.31. The van der Waals surface area contributed by atoms with Crippen molar-refractivity contribution in [3.8, 4) is 0 Å². The molecule has 4 heteroatoms. The highest BCUT2D eigenvalue weighted by Gasteiger charge is 2.32. The molecule has 2 atom stereocenters. The van der Waals surface area contributed by atoms with Crippen molar-refractivity contribution in [3.05, 3.63) is 0 Å². The largest absolute Gasteiger partial charge is 0.465 e. The van der Waals surface area contributed by atoms with Crippen molar-refractivity contribution in [2.24, 2.45) is 11.8 Å². The van der Waals surface area contributed by atoms with Crippen molar-refractivity contribution in [3.63, 3.8) is 0 Å². The van der Waals surface area contributed by atoms with Gasteiger partial charge < -0.3 is 9.47 Å². The molecule has 0 aromatic rings. The number of hydrogen-bond donors (Lipinski definition) is 0. The number of unbranched alkanes of at least 4 members (excludes halogenated alkanes) is 17. The Balaban J connectivity index is 2.01. The summed E-state index contributed by atoms with van der Waals surface area (Å²) < 4.78 is 11.1. The van der Waals surface area contributed by atoms with Gasteiger partial charge >= 0.3 is 11.9 Å². The molecule has 0 N–H and O–H groups in total. The van der Waals surface area contributed by atoms with Gasteiger partial charge in [0.1, 0.15) is 0 Å². The maximum absolute atomic E-state index is 12.5. The molecule has 0 aromatic carbocycles. The van der Waals surface area contributed by atoms with Gasteiger partial charge in [0.25, 0.3) is 0 Å². The van der Waals surface area contributed by atoms with Crippen LogP contribution in [0.15, 0.2) is 0 Å². The highest BCUT2D eigenvalue weighted by atomic mass is 16.5. The standard InChI is InChI=1S/C31H58O4/c1-3-5-7-9-11-13-14-15-17-19-21-26-35-31(33)29-24-22-23-28(27-29)30(32)34-25-20-18-16-12-10-8-6-4-2/h28-29H,3-27H2,1-2H3. The molecule has 0 saturated heterocycles. The Morgan fingerprint density at radius 3 is 1.17 bits per heavy atom. The molecule has 0 spiro atoms. The van der Waals surface area contributed by atoms with E-state index in [9.17, 15) is 9.59 Å².